The molecule has 3 rings (SSSR count). The molecule has 152 valence electrons. The third-order valence-corrected chi connectivity index (χ3v) is 4.18. The molecule has 0 amide bonds. The lowest BCUT2D eigenvalue weighted by Crippen LogP contribution is -2.18. The quantitative estimate of drug-likeness (QED) is 0.349. The van der Waals surface area contributed by atoms with Gasteiger partial charge in [-0.3, -0.25) is 9.48 Å². The van der Waals surface area contributed by atoms with E-state index < -0.39 is 5.09 Å². The highest BCUT2D eigenvalue weighted by molar-refractivity contribution is 6.30. The maximum absolute atomic E-state index is 12.5. The number of nitrogens with zero attached hydrogens (tertiary/aromatic N) is 3. The first-order chi connectivity index (χ1) is 13.8. The van der Waals surface area contributed by atoms with E-state index in [4.69, 9.17) is 31.7 Å². The Balaban J connectivity index is 0.000000687. The van der Waals surface area contributed by atoms with Crippen molar-refractivity contribution in [2.45, 2.75) is 20.1 Å². The van der Waals surface area contributed by atoms with E-state index in [2.05, 4.69) is 5.10 Å². The van der Waals surface area contributed by atoms with Crippen molar-refractivity contribution in [1.82, 2.24) is 9.78 Å². The Labute approximate surface area is 172 Å². The van der Waals surface area contributed by atoms with Crippen LogP contribution < -0.4 is 4.74 Å². The number of carbonyl (C=O) groups is 1. The van der Waals surface area contributed by atoms with Crippen LogP contribution >= 0.6 is 11.6 Å². The molecule has 1 atom stereocenters. The van der Waals surface area contributed by atoms with Gasteiger partial charge in [-0.15, -0.1) is 10.1 Å². The van der Waals surface area contributed by atoms with E-state index in [9.17, 15) is 4.79 Å². The monoisotopic (exact) mass is 417 g/mol. The summed E-state index contributed by atoms with van der Waals surface area (Å²) in [6, 6.07) is 16.6. The fourth-order valence-electron chi connectivity index (χ4n) is 2.52. The molecule has 29 heavy (non-hydrogen) atoms. The molecular weight excluding hydrogens is 398 g/mol. The van der Waals surface area contributed by atoms with Gasteiger partial charge in [-0.2, -0.15) is 5.10 Å². The summed E-state index contributed by atoms with van der Waals surface area (Å²) >= 11 is 5.87. The third kappa shape index (κ3) is 7.63. The van der Waals surface area contributed by atoms with Gasteiger partial charge in [0.05, 0.1) is 6.54 Å². The van der Waals surface area contributed by atoms with E-state index in [1.165, 1.54) is 0 Å². The highest BCUT2D eigenvalue weighted by Crippen LogP contribution is 2.18. The number of Topliss-reactive ketones (excluding diaryl/α,β-unsaturated/α-hetero) is 1. The Kier molecular flexibility index (Phi) is 8.17. The first-order valence-corrected chi connectivity index (χ1v) is 9.05. The molecule has 1 N–H and O–H groups in total. The molecule has 0 aliphatic heterocycles. The second kappa shape index (κ2) is 10.8. The minimum Gasteiger partial charge on any atom is -0.489 e. The summed E-state index contributed by atoms with van der Waals surface area (Å²) in [6.07, 6.45) is 3.57. The normalized spacial score (nSPS) is 11.1. The van der Waals surface area contributed by atoms with Crippen molar-refractivity contribution in [2.75, 3.05) is 0 Å². The molecule has 0 radical (unpaired) electrons. The van der Waals surface area contributed by atoms with Gasteiger partial charge in [0.15, 0.2) is 5.78 Å². The molecule has 3 aromatic rings. The van der Waals surface area contributed by atoms with Crippen LogP contribution in [0.4, 0.5) is 0 Å². The summed E-state index contributed by atoms with van der Waals surface area (Å²) in [7, 11) is 0. The molecule has 0 aliphatic rings. The lowest BCUT2D eigenvalue weighted by atomic mass is 9.99. The summed E-state index contributed by atoms with van der Waals surface area (Å²) < 4.78 is 7.51. The van der Waals surface area contributed by atoms with Crippen molar-refractivity contribution in [2.24, 2.45) is 5.92 Å². The van der Waals surface area contributed by atoms with Crippen LogP contribution in [0.25, 0.3) is 0 Å². The highest BCUT2D eigenvalue weighted by atomic mass is 35.5. The van der Waals surface area contributed by atoms with Crippen LogP contribution in [0.2, 0.25) is 5.02 Å². The van der Waals surface area contributed by atoms with Crippen LogP contribution in [-0.4, -0.2) is 25.9 Å². The molecule has 2 aromatic carbocycles. The number of aromatic nitrogens is 2. The van der Waals surface area contributed by atoms with E-state index in [0.29, 0.717) is 23.7 Å². The average Bonchev–Trinajstić information content (AvgIpc) is 3.20. The van der Waals surface area contributed by atoms with E-state index in [1.54, 1.807) is 23.0 Å². The van der Waals surface area contributed by atoms with Gasteiger partial charge < -0.3 is 9.94 Å². The molecule has 0 aliphatic carbocycles. The zero-order chi connectivity index (χ0) is 21.2. The highest BCUT2D eigenvalue weighted by Gasteiger charge is 2.16. The Hall–Kier alpha value is -3.39. The Bertz CT molecular complexity index is 908. The van der Waals surface area contributed by atoms with Crippen LogP contribution in [0.15, 0.2) is 67.0 Å². The van der Waals surface area contributed by atoms with Gasteiger partial charge in [-0.1, -0.05) is 30.7 Å². The van der Waals surface area contributed by atoms with Crippen molar-refractivity contribution < 1.29 is 19.8 Å². The topological polar surface area (TPSA) is 107 Å². The number of hydrogen-bond donors (Lipinski definition) is 1. The molecular formula is C20H20ClN3O5. The maximum atomic E-state index is 12.5. The zero-order valence-corrected chi connectivity index (χ0v) is 16.4. The number of rotatable bonds is 7. The standard InChI is InChI=1S/C20H19ClN2O2.HNO3/c1-15(13-23-12-2-11-22-23)20(24)17-5-9-19(10-6-17)25-14-16-3-7-18(21)8-4-16;2-1(3)4/h2-12,15H,13-14H2,1H3;(H,2,3,4). The lowest BCUT2D eigenvalue weighted by molar-refractivity contribution is -0.742. The zero-order valence-electron chi connectivity index (χ0n) is 15.6. The van der Waals surface area contributed by atoms with Crippen molar-refractivity contribution in [3.8, 4) is 5.75 Å². The van der Waals surface area contributed by atoms with E-state index in [-0.39, 0.29) is 11.7 Å². The van der Waals surface area contributed by atoms with Crippen molar-refractivity contribution in [3.05, 3.63) is 93.3 Å². The minimum absolute atomic E-state index is 0.0970. The van der Waals surface area contributed by atoms with Gasteiger partial charge in [0.2, 0.25) is 0 Å². The van der Waals surface area contributed by atoms with Crippen LogP contribution in [0.3, 0.4) is 0 Å². The Morgan fingerprint density at radius 2 is 1.86 bits per heavy atom. The van der Waals surface area contributed by atoms with Crippen LogP contribution in [0.1, 0.15) is 22.8 Å². The molecule has 0 spiro atoms. The first-order valence-electron chi connectivity index (χ1n) is 8.67. The predicted octanol–water partition coefficient (Wildman–Crippen LogP) is 4.29. The molecule has 0 fully saturated rings. The minimum atomic E-state index is -1.50. The van der Waals surface area contributed by atoms with Crippen LogP contribution in [-0.2, 0) is 13.2 Å². The second-order valence-corrected chi connectivity index (χ2v) is 6.61. The Morgan fingerprint density at radius 1 is 1.24 bits per heavy atom. The average molecular weight is 418 g/mol. The van der Waals surface area contributed by atoms with Gasteiger partial charge in [0.1, 0.15) is 12.4 Å². The molecule has 1 heterocycles. The summed E-state index contributed by atoms with van der Waals surface area (Å²) in [4.78, 5) is 20.9. The van der Waals surface area contributed by atoms with Crippen LogP contribution in [0, 0.1) is 16.0 Å². The maximum Gasteiger partial charge on any atom is 0.291 e. The SMILES string of the molecule is CC(Cn1cccn1)C(=O)c1ccc(OCc2ccc(Cl)cc2)cc1.O=[N+]([O-])O. The van der Waals surface area contributed by atoms with Gasteiger partial charge in [-0.05, 0) is 48.0 Å². The predicted molar refractivity (Wildman–Crippen MR) is 107 cm³/mol. The van der Waals surface area contributed by atoms with Gasteiger partial charge >= 0.3 is 0 Å². The van der Waals surface area contributed by atoms with Crippen molar-refractivity contribution in [1.29, 1.82) is 0 Å². The number of benzene rings is 2. The van der Waals surface area contributed by atoms with Crippen molar-refractivity contribution in [3.63, 3.8) is 0 Å². The van der Waals surface area contributed by atoms with E-state index >= 15 is 0 Å². The fourth-order valence-corrected chi connectivity index (χ4v) is 2.65. The molecule has 8 nitrogen and oxygen atoms in total. The molecule has 0 saturated carbocycles. The molecule has 9 heteroatoms. The molecule has 1 aromatic heterocycles. The largest absolute Gasteiger partial charge is 0.489 e. The number of carbonyl (C=O) groups excluding carboxylic acids is 1. The summed E-state index contributed by atoms with van der Waals surface area (Å²) in [5.41, 5.74) is 1.72. The number of halogens is 1. The smallest absolute Gasteiger partial charge is 0.291 e. The number of ether oxygens (including phenoxy) is 1. The van der Waals surface area contributed by atoms with Gasteiger partial charge in [0.25, 0.3) is 5.09 Å². The molecule has 0 bridgehead atoms. The van der Waals surface area contributed by atoms with E-state index in [1.807, 2.05) is 55.6 Å². The van der Waals surface area contributed by atoms with Gasteiger partial charge in [0, 0.05) is 28.9 Å². The summed E-state index contributed by atoms with van der Waals surface area (Å²) in [6.45, 7) is 2.94. The summed E-state index contributed by atoms with van der Waals surface area (Å²) in [5, 5.41) is 18.5. The summed E-state index contributed by atoms with van der Waals surface area (Å²) in [5.74, 6) is 0.687. The number of ketones is 1. The first kappa shape index (κ1) is 21.9. The van der Waals surface area contributed by atoms with Crippen molar-refractivity contribution >= 4 is 17.4 Å². The lowest BCUT2D eigenvalue weighted by Gasteiger charge is -2.11. The number of hydrogen-bond acceptors (Lipinski definition) is 5. The van der Waals surface area contributed by atoms with Gasteiger partial charge in [-0.25, -0.2) is 0 Å². The van der Waals surface area contributed by atoms with E-state index in [0.717, 1.165) is 11.3 Å². The fraction of sp³-hybridized carbons (Fsp3) is 0.200. The third-order valence-electron chi connectivity index (χ3n) is 3.93. The van der Waals surface area contributed by atoms with Crippen LogP contribution in [0.5, 0.6) is 5.75 Å². The molecule has 1 unspecified atom stereocenters. The Morgan fingerprint density at radius 3 is 2.41 bits per heavy atom. The second-order valence-electron chi connectivity index (χ2n) is 6.17. The molecule has 0 saturated heterocycles.